The van der Waals surface area contributed by atoms with Gasteiger partial charge < -0.3 is 10.0 Å². The third kappa shape index (κ3) is 2.50. The molecule has 0 bridgehead atoms. The highest BCUT2D eigenvalue weighted by atomic mass is 16.4. The molecule has 6 heteroatoms. The second-order valence-corrected chi connectivity index (χ2v) is 3.94. The van der Waals surface area contributed by atoms with Crippen LogP contribution < -0.4 is 4.90 Å². The Kier molecular flexibility index (Phi) is 3.19. The number of aromatic nitrogens is 2. The molecule has 0 radical (unpaired) electrons. The van der Waals surface area contributed by atoms with Gasteiger partial charge in [-0.3, -0.25) is 4.79 Å². The smallest absolute Gasteiger partial charge is 0.305 e. The fourth-order valence-corrected chi connectivity index (χ4v) is 2.06. The molecule has 1 aliphatic heterocycles. The van der Waals surface area contributed by atoms with Gasteiger partial charge in [-0.15, -0.1) is 0 Å². The lowest BCUT2D eigenvalue weighted by Crippen LogP contribution is -2.32. The quantitative estimate of drug-likeness (QED) is 0.828. The molecule has 6 nitrogen and oxygen atoms in total. The summed E-state index contributed by atoms with van der Waals surface area (Å²) in [6.07, 6.45) is 3.36. The normalized spacial score (nSPS) is 19.0. The van der Waals surface area contributed by atoms with Gasteiger partial charge in [-0.05, 0) is 18.9 Å². The van der Waals surface area contributed by atoms with Gasteiger partial charge in [-0.1, -0.05) is 0 Å². The molecule has 1 atom stereocenters. The Morgan fingerprint density at radius 1 is 1.71 bits per heavy atom. The molecule has 1 aromatic heterocycles. The average molecular weight is 232 g/mol. The molecule has 0 aliphatic carbocycles. The molecule has 1 saturated heterocycles. The number of hydrogen-bond donors (Lipinski definition) is 1. The van der Waals surface area contributed by atoms with Gasteiger partial charge in [0.15, 0.2) is 0 Å². The molecule has 1 aromatic rings. The maximum absolute atomic E-state index is 10.7. The summed E-state index contributed by atoms with van der Waals surface area (Å²) in [4.78, 5) is 20.8. The van der Waals surface area contributed by atoms with Crippen molar-refractivity contribution in [3.63, 3.8) is 0 Å². The first-order valence-electron chi connectivity index (χ1n) is 5.42. The first kappa shape index (κ1) is 11.3. The Hall–Kier alpha value is -2.16. The van der Waals surface area contributed by atoms with Crippen molar-refractivity contribution >= 4 is 11.9 Å². The van der Waals surface area contributed by atoms with Crippen LogP contribution in [0.15, 0.2) is 12.3 Å². The second kappa shape index (κ2) is 4.78. The van der Waals surface area contributed by atoms with Crippen LogP contribution in [0.1, 0.15) is 25.0 Å². The minimum absolute atomic E-state index is 0.0681. The molecule has 1 unspecified atom stereocenters. The summed E-state index contributed by atoms with van der Waals surface area (Å²) in [7, 11) is 0. The molecule has 1 fully saturated rings. The summed E-state index contributed by atoms with van der Waals surface area (Å²) in [5, 5.41) is 17.6. The van der Waals surface area contributed by atoms with E-state index in [0.29, 0.717) is 11.6 Å². The van der Waals surface area contributed by atoms with Crippen molar-refractivity contribution in [2.45, 2.75) is 25.3 Å². The van der Waals surface area contributed by atoms with Gasteiger partial charge in [-0.25, -0.2) is 9.97 Å². The van der Waals surface area contributed by atoms with Crippen molar-refractivity contribution in [2.24, 2.45) is 0 Å². The minimum atomic E-state index is -0.821. The second-order valence-electron chi connectivity index (χ2n) is 3.94. The maximum atomic E-state index is 10.7. The van der Waals surface area contributed by atoms with Crippen LogP contribution in [0.4, 0.5) is 5.95 Å². The molecule has 0 saturated carbocycles. The molecule has 0 spiro atoms. The Balaban J connectivity index is 2.20. The fraction of sp³-hybridized carbons (Fsp3) is 0.455. The van der Waals surface area contributed by atoms with Crippen molar-refractivity contribution < 1.29 is 9.90 Å². The molecule has 17 heavy (non-hydrogen) atoms. The number of carboxylic acid groups (broad SMARTS) is 1. The predicted octanol–water partition coefficient (Wildman–Crippen LogP) is 0.792. The zero-order valence-electron chi connectivity index (χ0n) is 9.20. The molecule has 0 amide bonds. The number of aliphatic carboxylic acids is 1. The molecule has 1 N–H and O–H groups in total. The lowest BCUT2D eigenvalue weighted by atomic mass is 10.1. The van der Waals surface area contributed by atoms with Crippen LogP contribution in [0.5, 0.6) is 0 Å². The van der Waals surface area contributed by atoms with E-state index in [0.717, 1.165) is 19.4 Å². The van der Waals surface area contributed by atoms with Gasteiger partial charge in [0.2, 0.25) is 5.95 Å². The Morgan fingerprint density at radius 2 is 2.53 bits per heavy atom. The molecular weight excluding hydrogens is 220 g/mol. The van der Waals surface area contributed by atoms with Gasteiger partial charge in [-0.2, -0.15) is 5.26 Å². The van der Waals surface area contributed by atoms with Crippen molar-refractivity contribution in [3.05, 3.63) is 18.0 Å². The van der Waals surface area contributed by atoms with Crippen LogP contribution in [0, 0.1) is 11.3 Å². The van der Waals surface area contributed by atoms with Crippen LogP contribution in [0.3, 0.4) is 0 Å². The van der Waals surface area contributed by atoms with Crippen LogP contribution in [0.2, 0.25) is 0 Å². The van der Waals surface area contributed by atoms with E-state index < -0.39 is 5.97 Å². The zero-order chi connectivity index (χ0) is 12.3. The number of carbonyl (C=O) groups is 1. The Morgan fingerprint density at radius 3 is 3.24 bits per heavy atom. The van der Waals surface area contributed by atoms with E-state index in [4.69, 9.17) is 10.4 Å². The average Bonchev–Trinajstić information content (AvgIpc) is 2.76. The van der Waals surface area contributed by atoms with E-state index in [1.165, 1.54) is 12.3 Å². The minimum Gasteiger partial charge on any atom is -0.481 e. The molecule has 2 heterocycles. The summed E-state index contributed by atoms with van der Waals surface area (Å²) in [5.41, 5.74) is 0.302. The molecule has 0 aromatic carbocycles. The zero-order valence-corrected chi connectivity index (χ0v) is 9.20. The third-order valence-electron chi connectivity index (χ3n) is 2.80. The fourth-order valence-electron chi connectivity index (χ4n) is 2.06. The molecule has 1 aliphatic rings. The summed E-state index contributed by atoms with van der Waals surface area (Å²) in [6.45, 7) is 0.743. The van der Waals surface area contributed by atoms with Gasteiger partial charge in [0.25, 0.3) is 0 Å². The van der Waals surface area contributed by atoms with Gasteiger partial charge in [0, 0.05) is 18.8 Å². The van der Waals surface area contributed by atoms with E-state index in [1.54, 1.807) is 0 Å². The Bertz CT molecular complexity index is 469. The first-order valence-corrected chi connectivity index (χ1v) is 5.42. The van der Waals surface area contributed by atoms with Gasteiger partial charge >= 0.3 is 5.97 Å². The van der Waals surface area contributed by atoms with Gasteiger partial charge in [0.05, 0.1) is 6.42 Å². The third-order valence-corrected chi connectivity index (χ3v) is 2.80. The van der Waals surface area contributed by atoms with Crippen LogP contribution >= 0.6 is 0 Å². The first-order chi connectivity index (χ1) is 8.20. The predicted molar refractivity (Wildman–Crippen MR) is 59.4 cm³/mol. The number of nitriles is 1. The largest absolute Gasteiger partial charge is 0.481 e. The molecular formula is C11H12N4O2. The number of nitrogens with zero attached hydrogens (tertiary/aromatic N) is 4. The van der Waals surface area contributed by atoms with E-state index in [-0.39, 0.29) is 12.5 Å². The number of anilines is 1. The highest BCUT2D eigenvalue weighted by Crippen LogP contribution is 2.24. The lowest BCUT2D eigenvalue weighted by molar-refractivity contribution is -0.137. The van der Waals surface area contributed by atoms with Crippen molar-refractivity contribution in [1.82, 2.24) is 9.97 Å². The topological polar surface area (TPSA) is 90.1 Å². The van der Waals surface area contributed by atoms with E-state index in [2.05, 4.69) is 9.97 Å². The summed E-state index contributed by atoms with van der Waals surface area (Å²) in [6, 6.07) is 3.42. The van der Waals surface area contributed by atoms with E-state index in [9.17, 15) is 4.79 Å². The molecule has 2 rings (SSSR count). The SMILES string of the molecule is N#Cc1ccnc(N2CCCC2CC(=O)O)n1. The van der Waals surface area contributed by atoms with E-state index in [1.807, 2.05) is 11.0 Å². The summed E-state index contributed by atoms with van der Waals surface area (Å²) >= 11 is 0. The standard InChI is InChI=1S/C11H12N4O2/c12-7-8-3-4-13-11(14-8)15-5-1-2-9(15)6-10(16)17/h3-4,9H,1-2,5-6H2,(H,16,17). The summed E-state index contributed by atoms with van der Waals surface area (Å²) in [5.74, 6) is -0.369. The highest BCUT2D eigenvalue weighted by Gasteiger charge is 2.28. The molecule has 88 valence electrons. The lowest BCUT2D eigenvalue weighted by Gasteiger charge is -2.23. The van der Waals surface area contributed by atoms with Gasteiger partial charge in [0.1, 0.15) is 11.8 Å². The van der Waals surface area contributed by atoms with Crippen molar-refractivity contribution in [2.75, 3.05) is 11.4 Å². The Labute approximate surface area is 98.5 Å². The highest BCUT2D eigenvalue weighted by molar-refractivity contribution is 5.68. The van der Waals surface area contributed by atoms with Crippen LogP contribution in [-0.4, -0.2) is 33.6 Å². The summed E-state index contributed by atoms with van der Waals surface area (Å²) < 4.78 is 0. The van der Waals surface area contributed by atoms with E-state index >= 15 is 0 Å². The van der Waals surface area contributed by atoms with Crippen molar-refractivity contribution in [1.29, 1.82) is 5.26 Å². The van der Waals surface area contributed by atoms with Crippen molar-refractivity contribution in [3.8, 4) is 6.07 Å². The number of hydrogen-bond acceptors (Lipinski definition) is 5. The van der Waals surface area contributed by atoms with Crippen LogP contribution in [-0.2, 0) is 4.79 Å². The number of carboxylic acids is 1. The van der Waals surface area contributed by atoms with Crippen LogP contribution in [0.25, 0.3) is 0 Å². The number of rotatable bonds is 3. The monoisotopic (exact) mass is 232 g/mol. The maximum Gasteiger partial charge on any atom is 0.305 e.